The molecule has 3 aromatic rings. The van der Waals surface area contributed by atoms with Gasteiger partial charge in [-0.15, -0.1) is 5.10 Å². The molecule has 0 bridgehead atoms. The van der Waals surface area contributed by atoms with Crippen molar-refractivity contribution in [2.24, 2.45) is 5.92 Å². The Bertz CT molecular complexity index is 1470. The number of carbonyl (C=O) groups is 2. The Morgan fingerprint density at radius 3 is 2.58 bits per heavy atom. The highest BCUT2D eigenvalue weighted by atomic mass is 19.4. The second kappa shape index (κ2) is 13.2. The molecule has 0 aliphatic carbocycles. The molecule has 1 aromatic carbocycles. The molecule has 0 spiro atoms. The minimum atomic E-state index is -4.34. The molecule has 9 nitrogen and oxygen atoms in total. The maximum atomic E-state index is 13.2. The van der Waals surface area contributed by atoms with E-state index in [1.807, 2.05) is 47.4 Å². The lowest BCUT2D eigenvalue weighted by Crippen LogP contribution is -2.40. The van der Waals surface area contributed by atoms with Crippen LogP contribution in [-0.4, -0.2) is 94.1 Å². The number of hydrogen-bond acceptors (Lipinski definition) is 6. The van der Waals surface area contributed by atoms with Crippen molar-refractivity contribution in [2.75, 3.05) is 52.1 Å². The number of amides is 2. The van der Waals surface area contributed by atoms with E-state index < -0.39 is 24.9 Å². The van der Waals surface area contributed by atoms with Crippen LogP contribution in [-0.2, 0) is 4.79 Å². The molecule has 0 saturated carbocycles. The van der Waals surface area contributed by atoms with Gasteiger partial charge >= 0.3 is 6.18 Å². The molecule has 2 aromatic heterocycles. The third-order valence-electron chi connectivity index (χ3n) is 8.07. The number of nitrogens with zero attached hydrogens (tertiary/aromatic N) is 6. The van der Waals surface area contributed by atoms with Crippen LogP contribution in [0.25, 0.3) is 11.2 Å². The van der Waals surface area contributed by atoms with Crippen molar-refractivity contribution in [3.05, 3.63) is 59.8 Å². The van der Waals surface area contributed by atoms with Crippen LogP contribution in [0.3, 0.4) is 0 Å². The third kappa shape index (κ3) is 7.92. The minimum Gasteiger partial charge on any atom is -0.339 e. The maximum absolute atomic E-state index is 13.2. The van der Waals surface area contributed by atoms with Crippen molar-refractivity contribution in [1.82, 2.24) is 29.3 Å². The summed E-state index contributed by atoms with van der Waals surface area (Å²) in [6.07, 6.45) is 1.46. The first kappa shape index (κ1) is 30.5. The fourth-order valence-corrected chi connectivity index (χ4v) is 5.69. The number of likely N-dealkylation sites (tertiary alicyclic amines) is 1. The molecule has 1 unspecified atom stereocenters. The molecule has 230 valence electrons. The highest BCUT2D eigenvalue weighted by Crippen LogP contribution is 2.28. The quantitative estimate of drug-likeness (QED) is 0.364. The first-order chi connectivity index (χ1) is 20.6. The van der Waals surface area contributed by atoms with Crippen LogP contribution in [0.1, 0.15) is 54.4 Å². The van der Waals surface area contributed by atoms with Gasteiger partial charge in [0.05, 0.1) is 6.42 Å². The third-order valence-corrected chi connectivity index (χ3v) is 8.07. The topological polar surface area (TPSA) is 86.1 Å². The van der Waals surface area contributed by atoms with E-state index in [9.17, 15) is 22.8 Å². The van der Waals surface area contributed by atoms with Crippen LogP contribution in [0.2, 0.25) is 0 Å². The largest absolute Gasteiger partial charge is 0.389 e. The highest BCUT2D eigenvalue weighted by Gasteiger charge is 2.30. The number of fused-ring (bicyclic) bond motifs is 1. The van der Waals surface area contributed by atoms with Crippen LogP contribution in [0.5, 0.6) is 0 Å². The SMILES string of the molecule is CN(C)CCC1CCCN(C(=O)c2ccc(Nc3nc4c(C5=CCN(C(=O)CCC(F)(F)F)CC5)cccn4n3)cc2)C1. The molecular formula is C31H38F3N7O2. The number of halogens is 3. The van der Waals surface area contributed by atoms with Gasteiger partial charge in [-0.2, -0.15) is 18.2 Å². The van der Waals surface area contributed by atoms with Crippen LogP contribution in [0, 0.1) is 5.92 Å². The molecule has 1 N–H and O–H groups in total. The predicted octanol–water partition coefficient (Wildman–Crippen LogP) is 5.24. The monoisotopic (exact) mass is 597 g/mol. The van der Waals surface area contributed by atoms with E-state index >= 15 is 0 Å². The van der Waals surface area contributed by atoms with Crippen LogP contribution < -0.4 is 5.32 Å². The number of hydrogen-bond donors (Lipinski definition) is 1. The van der Waals surface area contributed by atoms with E-state index in [1.54, 1.807) is 10.7 Å². The summed E-state index contributed by atoms with van der Waals surface area (Å²) in [4.78, 5) is 35.7. The second-order valence-electron chi connectivity index (χ2n) is 11.6. The Labute approximate surface area is 249 Å². The average molecular weight is 598 g/mol. The molecule has 1 fully saturated rings. The summed E-state index contributed by atoms with van der Waals surface area (Å²) >= 11 is 0. The fraction of sp³-hybridized carbons (Fsp3) is 0.484. The minimum absolute atomic E-state index is 0.0537. The molecule has 4 heterocycles. The average Bonchev–Trinajstić information content (AvgIpc) is 3.41. The number of rotatable bonds is 9. The smallest absolute Gasteiger partial charge is 0.339 e. The van der Waals surface area contributed by atoms with E-state index in [1.165, 1.54) is 4.90 Å². The lowest BCUT2D eigenvalue weighted by Gasteiger charge is -2.33. The van der Waals surface area contributed by atoms with Crippen molar-refractivity contribution < 1.29 is 22.8 Å². The molecule has 1 atom stereocenters. The van der Waals surface area contributed by atoms with Crippen LogP contribution in [0.15, 0.2) is 48.7 Å². The Morgan fingerprint density at radius 1 is 1.09 bits per heavy atom. The van der Waals surface area contributed by atoms with Gasteiger partial charge in [0.25, 0.3) is 5.91 Å². The first-order valence-electron chi connectivity index (χ1n) is 14.8. The molecule has 2 amide bonds. The summed E-state index contributed by atoms with van der Waals surface area (Å²) < 4.78 is 39.2. The molecular weight excluding hydrogens is 559 g/mol. The number of benzene rings is 1. The summed E-state index contributed by atoms with van der Waals surface area (Å²) in [5, 5.41) is 7.76. The van der Waals surface area contributed by atoms with Gasteiger partial charge in [0.1, 0.15) is 0 Å². The normalized spacial score (nSPS) is 17.8. The van der Waals surface area contributed by atoms with Crippen LogP contribution >= 0.6 is 0 Å². The Balaban J connectivity index is 1.21. The van der Waals surface area contributed by atoms with Crippen molar-refractivity contribution in [3.63, 3.8) is 0 Å². The van der Waals surface area contributed by atoms with Gasteiger partial charge in [-0.1, -0.05) is 6.08 Å². The Hall–Kier alpha value is -3.93. The van der Waals surface area contributed by atoms with E-state index in [4.69, 9.17) is 0 Å². The van der Waals surface area contributed by atoms with E-state index in [-0.39, 0.29) is 12.5 Å². The van der Waals surface area contributed by atoms with E-state index in [0.717, 1.165) is 55.7 Å². The van der Waals surface area contributed by atoms with Gasteiger partial charge in [-0.25, -0.2) is 4.52 Å². The lowest BCUT2D eigenvalue weighted by atomic mass is 9.94. The number of piperidine rings is 1. The Morgan fingerprint density at radius 2 is 1.88 bits per heavy atom. The first-order valence-corrected chi connectivity index (χ1v) is 14.8. The van der Waals surface area contributed by atoms with E-state index in [0.29, 0.717) is 36.0 Å². The van der Waals surface area contributed by atoms with E-state index in [2.05, 4.69) is 34.4 Å². The zero-order valence-corrected chi connectivity index (χ0v) is 24.6. The van der Waals surface area contributed by atoms with Gasteiger partial charge in [0.15, 0.2) is 5.65 Å². The van der Waals surface area contributed by atoms with Gasteiger partial charge < -0.3 is 20.0 Å². The van der Waals surface area contributed by atoms with Crippen LogP contribution in [0.4, 0.5) is 24.8 Å². The molecule has 2 aliphatic rings. The van der Waals surface area contributed by atoms with Crippen molar-refractivity contribution in [2.45, 2.75) is 44.7 Å². The summed E-state index contributed by atoms with van der Waals surface area (Å²) in [6, 6.07) is 11.1. The summed E-state index contributed by atoms with van der Waals surface area (Å²) in [5.74, 6) is 0.485. The molecule has 0 radical (unpaired) electrons. The van der Waals surface area contributed by atoms with Crippen molar-refractivity contribution in [3.8, 4) is 0 Å². The molecule has 1 saturated heterocycles. The van der Waals surface area contributed by atoms with Gasteiger partial charge in [0, 0.05) is 55.6 Å². The number of nitrogens with one attached hydrogen (secondary N) is 1. The maximum Gasteiger partial charge on any atom is 0.389 e. The molecule has 12 heteroatoms. The standard InChI is InChI=1S/C31H38F3N7O2/c1-38(2)18-12-22-5-3-16-40(21-22)29(43)24-7-9-25(10-8-24)35-30-36-28-26(6-4-17-41(28)37-30)23-13-19-39(20-14-23)27(42)11-15-31(32,33)34/h4,6-10,13,17,22H,3,5,11-12,14-16,18-21H2,1-2H3,(H,35,37). The summed E-state index contributed by atoms with van der Waals surface area (Å²) in [5.41, 5.74) is 3.86. The van der Waals surface area contributed by atoms with Gasteiger partial charge in [-0.3, -0.25) is 9.59 Å². The number of pyridine rings is 1. The number of aromatic nitrogens is 3. The van der Waals surface area contributed by atoms with Gasteiger partial charge in [-0.05, 0) is 94.2 Å². The number of carbonyl (C=O) groups excluding carboxylic acids is 2. The number of alkyl halides is 3. The van der Waals surface area contributed by atoms with Crippen molar-refractivity contribution in [1.29, 1.82) is 0 Å². The molecule has 5 rings (SSSR count). The predicted molar refractivity (Wildman–Crippen MR) is 159 cm³/mol. The fourth-order valence-electron chi connectivity index (χ4n) is 5.69. The second-order valence-corrected chi connectivity index (χ2v) is 11.6. The molecule has 2 aliphatic heterocycles. The molecule has 43 heavy (non-hydrogen) atoms. The number of anilines is 2. The van der Waals surface area contributed by atoms with Gasteiger partial charge in [0.2, 0.25) is 11.9 Å². The van der Waals surface area contributed by atoms with Crippen molar-refractivity contribution >= 4 is 34.7 Å². The Kier molecular flexibility index (Phi) is 9.34. The summed E-state index contributed by atoms with van der Waals surface area (Å²) in [6.45, 7) is 3.21. The lowest BCUT2D eigenvalue weighted by molar-refractivity contribution is -0.148. The highest BCUT2D eigenvalue weighted by molar-refractivity contribution is 5.94. The zero-order valence-electron chi connectivity index (χ0n) is 24.6. The summed E-state index contributed by atoms with van der Waals surface area (Å²) in [7, 11) is 4.15. The zero-order chi connectivity index (χ0) is 30.6.